The topological polar surface area (TPSA) is 41.6 Å². The second-order valence-corrected chi connectivity index (χ2v) is 4.30. The minimum atomic E-state index is 0.461. The number of likely N-dealkylation sites (tertiary alicyclic amines) is 1. The van der Waals surface area contributed by atoms with E-state index in [1.165, 1.54) is 6.42 Å². The van der Waals surface area contributed by atoms with Gasteiger partial charge in [0.25, 0.3) is 0 Å². The lowest BCUT2D eigenvalue weighted by atomic mass is 10.1. The van der Waals surface area contributed by atoms with Gasteiger partial charge in [-0.05, 0) is 37.7 Å². The van der Waals surface area contributed by atoms with Crippen LogP contribution < -0.4 is 5.73 Å². The Morgan fingerprint density at radius 2 is 2.29 bits per heavy atom. The molecule has 0 aromatic rings. The number of allylic oxidation sites excluding steroid dienone is 1. The molecule has 0 aliphatic carbocycles. The predicted octanol–water partition coefficient (Wildman–Crippen LogP) is 1.26. The maximum absolute atomic E-state index is 5.52. The van der Waals surface area contributed by atoms with Crippen molar-refractivity contribution in [3.05, 3.63) is 11.8 Å². The van der Waals surface area contributed by atoms with Crippen molar-refractivity contribution in [2.45, 2.75) is 26.3 Å². The molecule has 0 bridgehead atoms. The molecule has 3 heteroatoms. The molecule has 1 aliphatic rings. The fourth-order valence-electron chi connectivity index (χ4n) is 1.61. The Balaban J connectivity index is 2.46. The summed E-state index contributed by atoms with van der Waals surface area (Å²) in [4.78, 5) is 6.86. The molecular formula is C11H21N3. The van der Waals surface area contributed by atoms with Crippen LogP contribution in [0.15, 0.2) is 16.8 Å². The zero-order valence-electron chi connectivity index (χ0n) is 9.40. The summed E-state index contributed by atoms with van der Waals surface area (Å²) < 4.78 is 0. The molecule has 1 aliphatic heterocycles. The average molecular weight is 195 g/mol. The fraction of sp³-hybridized carbons (Fsp3) is 0.727. The standard InChI is InChI=1S/C11H21N3/c1-9(2)10(6-12)7-13-11-4-5-14(3)8-11/h6-7,9,11H,4-5,8,12H2,1-3H3/b10-6+,13-7?. The number of hydrogen-bond donors (Lipinski definition) is 1. The minimum absolute atomic E-state index is 0.461. The van der Waals surface area contributed by atoms with Crippen molar-refractivity contribution in [3.63, 3.8) is 0 Å². The van der Waals surface area contributed by atoms with E-state index in [1.807, 2.05) is 6.21 Å². The van der Waals surface area contributed by atoms with Crippen molar-refractivity contribution >= 4 is 6.21 Å². The molecule has 1 unspecified atom stereocenters. The van der Waals surface area contributed by atoms with Crippen molar-refractivity contribution in [2.75, 3.05) is 20.1 Å². The van der Waals surface area contributed by atoms with E-state index in [1.54, 1.807) is 6.20 Å². The highest BCUT2D eigenvalue weighted by molar-refractivity contribution is 5.79. The third kappa shape index (κ3) is 3.14. The van der Waals surface area contributed by atoms with Crippen LogP contribution in [-0.2, 0) is 0 Å². The Bertz CT molecular complexity index is 231. The molecule has 1 atom stereocenters. The Labute approximate surface area is 86.7 Å². The van der Waals surface area contributed by atoms with Crippen molar-refractivity contribution in [3.8, 4) is 0 Å². The van der Waals surface area contributed by atoms with E-state index in [0.29, 0.717) is 12.0 Å². The molecule has 0 spiro atoms. The van der Waals surface area contributed by atoms with Gasteiger partial charge < -0.3 is 10.6 Å². The monoisotopic (exact) mass is 195 g/mol. The number of hydrogen-bond acceptors (Lipinski definition) is 3. The quantitative estimate of drug-likeness (QED) is 0.689. The molecule has 0 amide bonds. The van der Waals surface area contributed by atoms with E-state index in [9.17, 15) is 0 Å². The van der Waals surface area contributed by atoms with Gasteiger partial charge in [-0.25, -0.2) is 0 Å². The first-order valence-electron chi connectivity index (χ1n) is 5.27. The zero-order valence-corrected chi connectivity index (χ0v) is 9.40. The van der Waals surface area contributed by atoms with Gasteiger partial charge >= 0.3 is 0 Å². The molecule has 0 aromatic heterocycles. The second kappa shape index (κ2) is 5.15. The van der Waals surface area contributed by atoms with Gasteiger partial charge in [0.05, 0.1) is 6.04 Å². The van der Waals surface area contributed by atoms with Crippen LogP contribution in [0.1, 0.15) is 20.3 Å². The van der Waals surface area contributed by atoms with E-state index < -0.39 is 0 Å². The zero-order chi connectivity index (χ0) is 10.6. The van der Waals surface area contributed by atoms with E-state index in [0.717, 1.165) is 18.7 Å². The van der Waals surface area contributed by atoms with Crippen LogP contribution in [0.3, 0.4) is 0 Å². The van der Waals surface area contributed by atoms with Crippen LogP contribution in [0, 0.1) is 5.92 Å². The van der Waals surface area contributed by atoms with Crippen LogP contribution in [0.2, 0.25) is 0 Å². The summed E-state index contributed by atoms with van der Waals surface area (Å²) >= 11 is 0. The van der Waals surface area contributed by atoms with E-state index in [2.05, 4.69) is 30.8 Å². The first-order chi connectivity index (χ1) is 6.63. The van der Waals surface area contributed by atoms with E-state index in [4.69, 9.17) is 5.73 Å². The molecule has 0 aromatic carbocycles. The highest BCUT2D eigenvalue weighted by atomic mass is 15.1. The van der Waals surface area contributed by atoms with Crippen LogP contribution >= 0.6 is 0 Å². The fourth-order valence-corrected chi connectivity index (χ4v) is 1.61. The lowest BCUT2D eigenvalue weighted by Crippen LogP contribution is -2.15. The van der Waals surface area contributed by atoms with Crippen LogP contribution in [0.4, 0.5) is 0 Å². The summed E-state index contributed by atoms with van der Waals surface area (Å²) in [6.45, 7) is 6.49. The lowest BCUT2D eigenvalue weighted by molar-refractivity contribution is 0.412. The van der Waals surface area contributed by atoms with Gasteiger partial charge in [-0.15, -0.1) is 0 Å². The summed E-state index contributed by atoms with van der Waals surface area (Å²) in [6, 6.07) is 0.466. The molecule has 0 radical (unpaired) electrons. The van der Waals surface area contributed by atoms with Crippen molar-refractivity contribution < 1.29 is 0 Å². The van der Waals surface area contributed by atoms with Crippen molar-refractivity contribution in [2.24, 2.45) is 16.6 Å². The van der Waals surface area contributed by atoms with Gasteiger partial charge in [-0.1, -0.05) is 13.8 Å². The Morgan fingerprint density at radius 3 is 2.71 bits per heavy atom. The summed E-state index contributed by atoms with van der Waals surface area (Å²) in [5, 5.41) is 0. The number of likely N-dealkylation sites (N-methyl/N-ethyl adjacent to an activating group) is 1. The second-order valence-electron chi connectivity index (χ2n) is 4.30. The average Bonchev–Trinajstić information content (AvgIpc) is 2.52. The molecule has 80 valence electrons. The summed E-state index contributed by atoms with van der Waals surface area (Å²) in [5.41, 5.74) is 6.65. The van der Waals surface area contributed by atoms with E-state index in [-0.39, 0.29) is 0 Å². The smallest absolute Gasteiger partial charge is 0.0638 e. The van der Waals surface area contributed by atoms with Crippen molar-refractivity contribution in [1.29, 1.82) is 0 Å². The highest BCUT2D eigenvalue weighted by Gasteiger charge is 2.17. The Morgan fingerprint density at radius 1 is 1.57 bits per heavy atom. The van der Waals surface area contributed by atoms with Gasteiger partial charge in [-0.2, -0.15) is 0 Å². The van der Waals surface area contributed by atoms with E-state index >= 15 is 0 Å². The molecule has 0 saturated carbocycles. The molecule has 1 fully saturated rings. The number of nitrogens with two attached hydrogens (primary N) is 1. The number of rotatable bonds is 3. The van der Waals surface area contributed by atoms with Crippen molar-refractivity contribution in [1.82, 2.24) is 4.90 Å². The van der Waals surface area contributed by atoms with Crippen LogP contribution in [-0.4, -0.2) is 37.3 Å². The third-order valence-corrected chi connectivity index (χ3v) is 2.66. The largest absolute Gasteiger partial charge is 0.404 e. The molecule has 3 nitrogen and oxygen atoms in total. The van der Waals surface area contributed by atoms with Gasteiger partial charge in [0, 0.05) is 12.8 Å². The lowest BCUT2D eigenvalue weighted by Gasteiger charge is -2.07. The SMILES string of the molecule is CC(C)/C(C=NC1CCN(C)C1)=C/N. The predicted molar refractivity (Wildman–Crippen MR) is 61.5 cm³/mol. The molecule has 14 heavy (non-hydrogen) atoms. The first-order valence-corrected chi connectivity index (χ1v) is 5.27. The summed E-state index contributed by atoms with van der Waals surface area (Å²) in [6.07, 6.45) is 4.77. The third-order valence-electron chi connectivity index (χ3n) is 2.66. The number of aliphatic imine (C=N–C) groups is 1. The normalized spacial score (nSPS) is 25.4. The summed E-state index contributed by atoms with van der Waals surface area (Å²) in [5.74, 6) is 0.461. The molecule has 1 rings (SSSR count). The Kier molecular flexibility index (Phi) is 4.14. The molecule has 2 N–H and O–H groups in total. The molecule has 1 heterocycles. The van der Waals surface area contributed by atoms with Gasteiger partial charge in [0.1, 0.15) is 0 Å². The van der Waals surface area contributed by atoms with Gasteiger partial charge in [-0.3, -0.25) is 4.99 Å². The minimum Gasteiger partial charge on any atom is -0.404 e. The highest BCUT2D eigenvalue weighted by Crippen LogP contribution is 2.11. The van der Waals surface area contributed by atoms with Crippen LogP contribution in [0.5, 0.6) is 0 Å². The first kappa shape index (κ1) is 11.2. The van der Waals surface area contributed by atoms with Gasteiger partial charge in [0.15, 0.2) is 0 Å². The van der Waals surface area contributed by atoms with Crippen LogP contribution in [0.25, 0.3) is 0 Å². The molecule has 1 saturated heterocycles. The number of nitrogens with zero attached hydrogens (tertiary/aromatic N) is 2. The molecular weight excluding hydrogens is 174 g/mol. The maximum atomic E-state index is 5.52. The summed E-state index contributed by atoms with van der Waals surface area (Å²) in [7, 11) is 2.14. The Hall–Kier alpha value is -0.830. The van der Waals surface area contributed by atoms with Gasteiger partial charge in [0.2, 0.25) is 0 Å². The maximum Gasteiger partial charge on any atom is 0.0638 e.